The number of nitrogens with one attached hydrogen (secondary N) is 2. The molecule has 0 unspecified atom stereocenters. The SMILES string of the molecule is CNC(=O)c1cc(C(=O)NC2CC2)cc2c1OC[C@@H]2C1CCOCC1. The zero-order chi connectivity index (χ0) is 17.4. The number of hydrogen-bond donors (Lipinski definition) is 2. The molecule has 134 valence electrons. The third kappa shape index (κ3) is 3.23. The molecule has 0 spiro atoms. The van der Waals surface area contributed by atoms with Crippen molar-refractivity contribution in [3.8, 4) is 5.75 Å². The van der Waals surface area contributed by atoms with Gasteiger partial charge in [0.2, 0.25) is 0 Å². The van der Waals surface area contributed by atoms with Crippen molar-refractivity contribution in [3.05, 3.63) is 28.8 Å². The minimum absolute atomic E-state index is 0.104. The van der Waals surface area contributed by atoms with Crippen molar-refractivity contribution in [2.75, 3.05) is 26.9 Å². The van der Waals surface area contributed by atoms with Gasteiger partial charge in [-0.2, -0.15) is 0 Å². The van der Waals surface area contributed by atoms with Gasteiger partial charge in [0.25, 0.3) is 11.8 Å². The van der Waals surface area contributed by atoms with Crippen LogP contribution in [-0.4, -0.2) is 44.7 Å². The summed E-state index contributed by atoms with van der Waals surface area (Å²) in [5.41, 5.74) is 2.00. The lowest BCUT2D eigenvalue weighted by molar-refractivity contribution is 0.0551. The lowest BCUT2D eigenvalue weighted by Gasteiger charge is -2.27. The average Bonchev–Trinajstić information content (AvgIpc) is 3.36. The van der Waals surface area contributed by atoms with Gasteiger partial charge in [0.15, 0.2) is 0 Å². The average molecular weight is 344 g/mol. The predicted molar refractivity (Wildman–Crippen MR) is 92.1 cm³/mol. The molecule has 0 bridgehead atoms. The molecule has 1 atom stereocenters. The first-order chi connectivity index (χ1) is 12.2. The van der Waals surface area contributed by atoms with Crippen LogP contribution in [0.4, 0.5) is 0 Å². The molecule has 6 heteroatoms. The van der Waals surface area contributed by atoms with E-state index in [-0.39, 0.29) is 23.8 Å². The minimum atomic E-state index is -0.218. The first-order valence-corrected chi connectivity index (χ1v) is 9.09. The third-order valence-electron chi connectivity index (χ3n) is 5.41. The molecule has 0 aromatic heterocycles. The maximum Gasteiger partial charge on any atom is 0.254 e. The Morgan fingerprint density at radius 3 is 2.52 bits per heavy atom. The van der Waals surface area contributed by atoms with Gasteiger partial charge in [0.05, 0.1) is 12.2 Å². The fourth-order valence-electron chi connectivity index (χ4n) is 3.79. The van der Waals surface area contributed by atoms with Crippen molar-refractivity contribution >= 4 is 11.8 Å². The van der Waals surface area contributed by atoms with Gasteiger partial charge in [0, 0.05) is 43.3 Å². The molecular formula is C19H24N2O4. The second-order valence-electron chi connectivity index (χ2n) is 7.14. The maximum atomic E-state index is 12.5. The number of rotatable bonds is 4. The zero-order valence-electron chi connectivity index (χ0n) is 14.5. The Kier molecular flexibility index (Phi) is 4.37. The Hall–Kier alpha value is -2.08. The largest absolute Gasteiger partial charge is 0.492 e. The number of carbonyl (C=O) groups is 2. The maximum absolute atomic E-state index is 12.5. The lowest BCUT2D eigenvalue weighted by atomic mass is 9.81. The van der Waals surface area contributed by atoms with Crippen molar-refractivity contribution in [3.63, 3.8) is 0 Å². The van der Waals surface area contributed by atoms with Gasteiger partial charge in [-0.25, -0.2) is 0 Å². The molecule has 1 aromatic rings. The highest BCUT2D eigenvalue weighted by molar-refractivity contribution is 6.02. The molecule has 2 aliphatic heterocycles. The molecule has 3 aliphatic rings. The summed E-state index contributed by atoms with van der Waals surface area (Å²) < 4.78 is 11.4. The van der Waals surface area contributed by atoms with Crippen LogP contribution < -0.4 is 15.4 Å². The summed E-state index contributed by atoms with van der Waals surface area (Å²) in [6, 6.07) is 3.86. The monoisotopic (exact) mass is 344 g/mol. The summed E-state index contributed by atoms with van der Waals surface area (Å²) in [4.78, 5) is 24.9. The van der Waals surface area contributed by atoms with E-state index in [1.807, 2.05) is 6.07 Å². The molecule has 25 heavy (non-hydrogen) atoms. The van der Waals surface area contributed by atoms with Gasteiger partial charge in [-0.3, -0.25) is 9.59 Å². The molecule has 1 aromatic carbocycles. The molecule has 1 saturated carbocycles. The molecule has 1 aliphatic carbocycles. The smallest absolute Gasteiger partial charge is 0.254 e. The van der Waals surface area contributed by atoms with E-state index in [0.29, 0.717) is 29.4 Å². The minimum Gasteiger partial charge on any atom is -0.492 e. The zero-order valence-corrected chi connectivity index (χ0v) is 14.5. The number of hydrogen-bond acceptors (Lipinski definition) is 4. The Morgan fingerprint density at radius 1 is 1.08 bits per heavy atom. The Balaban J connectivity index is 1.70. The van der Waals surface area contributed by atoms with Gasteiger partial charge in [-0.05, 0) is 43.7 Å². The van der Waals surface area contributed by atoms with Crippen LogP contribution in [0, 0.1) is 5.92 Å². The van der Waals surface area contributed by atoms with Crippen molar-refractivity contribution in [2.24, 2.45) is 5.92 Å². The van der Waals surface area contributed by atoms with E-state index in [0.717, 1.165) is 44.5 Å². The highest BCUT2D eigenvalue weighted by Gasteiger charge is 2.36. The van der Waals surface area contributed by atoms with Crippen molar-refractivity contribution in [1.82, 2.24) is 10.6 Å². The summed E-state index contributed by atoms with van der Waals surface area (Å²) in [5.74, 6) is 1.00. The van der Waals surface area contributed by atoms with Gasteiger partial charge in [0.1, 0.15) is 5.75 Å². The Bertz CT molecular complexity index is 693. The summed E-state index contributed by atoms with van der Waals surface area (Å²) >= 11 is 0. The molecular weight excluding hydrogens is 320 g/mol. The van der Waals surface area contributed by atoms with Gasteiger partial charge >= 0.3 is 0 Å². The molecule has 1 saturated heterocycles. The first kappa shape index (κ1) is 16.4. The van der Waals surface area contributed by atoms with Crippen LogP contribution in [0.25, 0.3) is 0 Å². The normalized spacial score (nSPS) is 22.8. The summed E-state index contributed by atoms with van der Waals surface area (Å²) in [6.07, 6.45) is 4.04. The van der Waals surface area contributed by atoms with Crippen LogP contribution >= 0.6 is 0 Å². The molecule has 2 amide bonds. The molecule has 0 radical (unpaired) electrons. The van der Waals surface area contributed by atoms with Crippen LogP contribution in [0.5, 0.6) is 5.75 Å². The van der Waals surface area contributed by atoms with Crippen molar-refractivity contribution < 1.29 is 19.1 Å². The van der Waals surface area contributed by atoms with E-state index >= 15 is 0 Å². The summed E-state index contributed by atoms with van der Waals surface area (Å²) in [6.45, 7) is 2.10. The fraction of sp³-hybridized carbons (Fsp3) is 0.579. The van der Waals surface area contributed by atoms with Gasteiger partial charge < -0.3 is 20.1 Å². The van der Waals surface area contributed by atoms with E-state index < -0.39 is 0 Å². The molecule has 2 N–H and O–H groups in total. The molecule has 4 rings (SSSR count). The van der Waals surface area contributed by atoms with Crippen LogP contribution in [0.3, 0.4) is 0 Å². The van der Waals surface area contributed by atoms with Crippen LogP contribution in [-0.2, 0) is 4.74 Å². The van der Waals surface area contributed by atoms with E-state index in [4.69, 9.17) is 9.47 Å². The second-order valence-corrected chi connectivity index (χ2v) is 7.14. The highest BCUT2D eigenvalue weighted by Crippen LogP contribution is 2.44. The first-order valence-electron chi connectivity index (χ1n) is 9.09. The van der Waals surface area contributed by atoms with E-state index in [2.05, 4.69) is 10.6 Å². The molecule has 2 fully saturated rings. The number of carbonyl (C=O) groups excluding carboxylic acids is 2. The van der Waals surface area contributed by atoms with Gasteiger partial charge in [-0.15, -0.1) is 0 Å². The molecule has 6 nitrogen and oxygen atoms in total. The summed E-state index contributed by atoms with van der Waals surface area (Å²) in [5, 5.41) is 5.66. The predicted octanol–water partition coefficient (Wildman–Crippen LogP) is 1.84. The van der Waals surface area contributed by atoms with E-state index in [1.54, 1.807) is 13.1 Å². The van der Waals surface area contributed by atoms with E-state index in [1.165, 1.54) is 0 Å². The van der Waals surface area contributed by atoms with Crippen LogP contribution in [0.1, 0.15) is 57.9 Å². The number of benzene rings is 1. The summed E-state index contributed by atoms with van der Waals surface area (Å²) in [7, 11) is 1.59. The number of fused-ring (bicyclic) bond motifs is 1. The van der Waals surface area contributed by atoms with Gasteiger partial charge in [-0.1, -0.05) is 0 Å². The van der Waals surface area contributed by atoms with Crippen LogP contribution in [0.2, 0.25) is 0 Å². The number of ether oxygens (including phenoxy) is 2. The van der Waals surface area contributed by atoms with Crippen molar-refractivity contribution in [2.45, 2.75) is 37.6 Å². The topological polar surface area (TPSA) is 76.7 Å². The van der Waals surface area contributed by atoms with Crippen molar-refractivity contribution in [1.29, 1.82) is 0 Å². The van der Waals surface area contributed by atoms with Crippen LogP contribution in [0.15, 0.2) is 12.1 Å². The fourth-order valence-corrected chi connectivity index (χ4v) is 3.79. The Labute approximate surface area is 147 Å². The third-order valence-corrected chi connectivity index (χ3v) is 5.41. The standard InChI is InChI=1S/C19H24N2O4/c1-20-19(23)15-9-12(18(22)21-13-2-3-13)8-14-16(10-25-17(14)15)11-4-6-24-7-5-11/h8-9,11,13,16H,2-7,10H2,1H3,(H,20,23)(H,21,22)/t16-/m1/s1. The number of amides is 2. The lowest BCUT2D eigenvalue weighted by Crippen LogP contribution is -2.27. The molecule has 2 heterocycles. The highest BCUT2D eigenvalue weighted by atomic mass is 16.5. The quantitative estimate of drug-likeness (QED) is 0.874. The van der Waals surface area contributed by atoms with E-state index in [9.17, 15) is 9.59 Å². The Morgan fingerprint density at radius 2 is 1.84 bits per heavy atom. The second kappa shape index (κ2) is 6.67.